The molecule has 1 heterocycles. The smallest absolute Gasteiger partial charge is 0.0653 e. The molecule has 2 radical (unpaired) electrons. The number of thiophene rings is 1. The maximum atomic E-state index is 5.35. The number of hydrogen-bond donors (Lipinski definition) is 0. The van der Waals surface area contributed by atoms with E-state index in [9.17, 15) is 0 Å². The second-order valence-electron chi connectivity index (χ2n) is 1.97. The van der Waals surface area contributed by atoms with Gasteiger partial charge in [0.1, 0.15) is 0 Å². The molecule has 0 aliphatic carbocycles. The van der Waals surface area contributed by atoms with Crippen LogP contribution in [0.1, 0.15) is 11.3 Å². The van der Waals surface area contributed by atoms with Crippen LogP contribution < -0.4 is 0 Å². The molecule has 2 heteroatoms. The molecule has 0 nitrogen and oxygen atoms in total. The molecule has 0 saturated carbocycles. The number of rotatable bonds is 3. The molecule has 1 aromatic heterocycles. The highest BCUT2D eigenvalue weighted by Gasteiger charge is 1.89. The van der Waals surface area contributed by atoms with E-state index in [0.717, 1.165) is 19.2 Å². The molecular weight excluding hydrogens is 127 g/mol. The van der Waals surface area contributed by atoms with Crippen molar-refractivity contribution in [2.24, 2.45) is 0 Å². The second kappa shape index (κ2) is 3.73. The van der Waals surface area contributed by atoms with Gasteiger partial charge in [0, 0.05) is 4.88 Å². The van der Waals surface area contributed by atoms with Gasteiger partial charge in [0.05, 0.1) is 7.85 Å². The van der Waals surface area contributed by atoms with E-state index >= 15 is 0 Å². The quantitative estimate of drug-likeness (QED) is 0.559. The highest BCUT2D eigenvalue weighted by Crippen LogP contribution is 2.10. The summed E-state index contributed by atoms with van der Waals surface area (Å²) in [4.78, 5) is 1.44. The van der Waals surface area contributed by atoms with Gasteiger partial charge in [-0.1, -0.05) is 18.8 Å². The summed E-state index contributed by atoms with van der Waals surface area (Å²) in [7, 11) is 5.35. The van der Waals surface area contributed by atoms with Gasteiger partial charge in [-0.05, 0) is 17.9 Å². The van der Waals surface area contributed by atoms with Crippen LogP contribution in [-0.4, -0.2) is 7.85 Å². The van der Waals surface area contributed by atoms with Crippen LogP contribution in [0.2, 0.25) is 6.32 Å². The maximum absolute atomic E-state index is 5.35. The summed E-state index contributed by atoms with van der Waals surface area (Å²) in [5.74, 6) is 0. The molecule has 1 aromatic rings. The van der Waals surface area contributed by atoms with E-state index in [-0.39, 0.29) is 0 Å². The highest BCUT2D eigenvalue weighted by atomic mass is 32.1. The molecule has 1 rings (SSSR count). The molecule has 0 aromatic carbocycles. The molecule has 0 aliphatic heterocycles. The fourth-order valence-electron chi connectivity index (χ4n) is 0.731. The van der Waals surface area contributed by atoms with E-state index in [0.29, 0.717) is 0 Å². The molecule has 0 spiro atoms. The standard InChI is InChI=1S/C7H9BS/c8-5-1-3-7-4-2-6-9-7/h2,4,6H,1,3,5H2. The normalized spacial score (nSPS) is 9.78. The van der Waals surface area contributed by atoms with Gasteiger partial charge in [0.25, 0.3) is 0 Å². The third-order valence-electron chi connectivity index (χ3n) is 1.21. The maximum Gasteiger partial charge on any atom is 0.0653 e. The minimum atomic E-state index is 0.803. The van der Waals surface area contributed by atoms with Crippen molar-refractivity contribution < 1.29 is 0 Å². The van der Waals surface area contributed by atoms with Crippen LogP contribution in [-0.2, 0) is 6.42 Å². The van der Waals surface area contributed by atoms with Gasteiger partial charge in [-0.2, -0.15) is 0 Å². The van der Waals surface area contributed by atoms with Crippen LogP contribution in [0.25, 0.3) is 0 Å². The lowest BCUT2D eigenvalue weighted by molar-refractivity contribution is 0.937. The van der Waals surface area contributed by atoms with Gasteiger partial charge in [0.2, 0.25) is 0 Å². The molecule has 0 unspecified atom stereocenters. The van der Waals surface area contributed by atoms with E-state index in [1.54, 1.807) is 0 Å². The average molecular weight is 136 g/mol. The van der Waals surface area contributed by atoms with Crippen LogP contribution in [0.3, 0.4) is 0 Å². The lowest BCUT2D eigenvalue weighted by Crippen LogP contribution is -1.77. The first-order chi connectivity index (χ1) is 4.43. The Hall–Kier alpha value is -0.235. The molecular formula is C7H9BS. The van der Waals surface area contributed by atoms with Crippen LogP contribution >= 0.6 is 11.3 Å². The monoisotopic (exact) mass is 136 g/mol. The van der Waals surface area contributed by atoms with Crippen LogP contribution in [0, 0.1) is 0 Å². The van der Waals surface area contributed by atoms with Gasteiger partial charge in [-0.15, -0.1) is 11.3 Å². The molecule has 0 atom stereocenters. The summed E-state index contributed by atoms with van der Waals surface area (Å²) in [6, 6.07) is 4.23. The van der Waals surface area contributed by atoms with Crippen molar-refractivity contribution >= 4 is 19.2 Å². The van der Waals surface area contributed by atoms with E-state index in [1.807, 2.05) is 11.3 Å². The first kappa shape index (κ1) is 6.88. The molecule has 46 valence electrons. The van der Waals surface area contributed by atoms with Crippen molar-refractivity contribution in [3.05, 3.63) is 22.4 Å². The third-order valence-corrected chi connectivity index (χ3v) is 2.14. The number of hydrogen-bond acceptors (Lipinski definition) is 1. The molecule has 0 N–H and O–H groups in total. The van der Waals surface area contributed by atoms with Crippen LogP contribution in [0.5, 0.6) is 0 Å². The van der Waals surface area contributed by atoms with E-state index in [2.05, 4.69) is 17.5 Å². The summed E-state index contributed by atoms with van der Waals surface area (Å²) in [5.41, 5.74) is 0. The Labute approximate surface area is 61.3 Å². The molecule has 0 aliphatic rings. The van der Waals surface area contributed by atoms with E-state index < -0.39 is 0 Å². The zero-order valence-electron chi connectivity index (χ0n) is 5.34. The Bertz CT molecular complexity index is 146. The molecule has 0 fully saturated rings. The molecule has 0 amide bonds. The Kier molecular flexibility index (Phi) is 2.85. The second-order valence-corrected chi connectivity index (χ2v) is 3.00. The van der Waals surface area contributed by atoms with Crippen molar-refractivity contribution in [1.82, 2.24) is 0 Å². The van der Waals surface area contributed by atoms with Crippen molar-refractivity contribution in [2.75, 3.05) is 0 Å². The van der Waals surface area contributed by atoms with E-state index in [4.69, 9.17) is 7.85 Å². The molecule has 9 heavy (non-hydrogen) atoms. The third kappa shape index (κ3) is 2.23. The first-order valence-corrected chi connectivity index (χ1v) is 4.04. The van der Waals surface area contributed by atoms with Gasteiger partial charge in [-0.25, -0.2) is 0 Å². The summed E-state index contributed by atoms with van der Waals surface area (Å²) in [5, 5.41) is 2.10. The van der Waals surface area contributed by atoms with Crippen molar-refractivity contribution in [3.63, 3.8) is 0 Å². The summed E-state index contributed by atoms with van der Waals surface area (Å²) >= 11 is 1.81. The average Bonchev–Trinajstić information content (AvgIpc) is 2.34. The topological polar surface area (TPSA) is 0 Å². The van der Waals surface area contributed by atoms with Gasteiger partial charge in [-0.3, -0.25) is 0 Å². The fraction of sp³-hybridized carbons (Fsp3) is 0.429. The van der Waals surface area contributed by atoms with Crippen molar-refractivity contribution in [2.45, 2.75) is 19.2 Å². The minimum absolute atomic E-state index is 0.803. The summed E-state index contributed by atoms with van der Waals surface area (Å²) in [6.07, 6.45) is 3.06. The Balaban J connectivity index is 2.30. The van der Waals surface area contributed by atoms with Gasteiger partial charge < -0.3 is 0 Å². The van der Waals surface area contributed by atoms with E-state index in [1.165, 1.54) is 4.88 Å². The Morgan fingerprint density at radius 3 is 3.00 bits per heavy atom. The van der Waals surface area contributed by atoms with Crippen LogP contribution in [0.15, 0.2) is 17.5 Å². The molecule has 0 bridgehead atoms. The van der Waals surface area contributed by atoms with Crippen molar-refractivity contribution in [1.29, 1.82) is 0 Å². The van der Waals surface area contributed by atoms with Gasteiger partial charge >= 0.3 is 0 Å². The summed E-state index contributed by atoms with van der Waals surface area (Å²) < 4.78 is 0. The SMILES string of the molecule is [B]CCCc1cccs1. The van der Waals surface area contributed by atoms with Crippen LogP contribution in [0.4, 0.5) is 0 Å². The number of aryl methyl sites for hydroxylation is 1. The molecule has 0 saturated heterocycles. The summed E-state index contributed by atoms with van der Waals surface area (Å²) in [6.45, 7) is 0. The lowest BCUT2D eigenvalue weighted by atomic mass is 10.0. The Morgan fingerprint density at radius 2 is 2.44 bits per heavy atom. The van der Waals surface area contributed by atoms with Crippen molar-refractivity contribution in [3.8, 4) is 0 Å². The predicted molar refractivity (Wildman–Crippen MR) is 43.2 cm³/mol. The zero-order chi connectivity index (χ0) is 6.53. The fourth-order valence-corrected chi connectivity index (χ4v) is 1.48. The largest absolute Gasteiger partial charge is 0.149 e. The zero-order valence-corrected chi connectivity index (χ0v) is 6.16. The lowest BCUT2D eigenvalue weighted by Gasteiger charge is -1.90. The highest BCUT2D eigenvalue weighted by molar-refractivity contribution is 7.09. The Morgan fingerprint density at radius 1 is 1.56 bits per heavy atom. The first-order valence-electron chi connectivity index (χ1n) is 3.16. The minimum Gasteiger partial charge on any atom is -0.149 e. The predicted octanol–water partition coefficient (Wildman–Crippen LogP) is 2.27. The van der Waals surface area contributed by atoms with Gasteiger partial charge in [0.15, 0.2) is 0 Å².